The van der Waals surface area contributed by atoms with Gasteiger partial charge in [-0.3, -0.25) is 30.2 Å². The first-order valence-corrected chi connectivity index (χ1v) is 13.9. The van der Waals surface area contributed by atoms with Crippen LogP contribution in [0.2, 0.25) is 0 Å². The topological polar surface area (TPSA) is 206 Å². The van der Waals surface area contributed by atoms with Crippen LogP contribution < -0.4 is 26.8 Å². The molecule has 0 saturated carbocycles. The number of hydrazine groups is 1. The molecule has 0 fully saturated rings. The Balaban J connectivity index is 1.98. The minimum absolute atomic E-state index is 0.0330. The highest BCUT2D eigenvalue weighted by molar-refractivity contribution is 5.93. The van der Waals surface area contributed by atoms with Crippen LogP contribution in [0.4, 0.5) is 9.59 Å². The maximum atomic E-state index is 13.1. The number of rotatable bonds is 12. The Kier molecular flexibility index (Phi) is 12.9. The number of nitrogens with one attached hydrogen (secondary N) is 6. The first-order valence-electron chi connectivity index (χ1n) is 13.9. The highest BCUT2D eigenvalue weighted by Crippen LogP contribution is 2.10. The van der Waals surface area contributed by atoms with E-state index in [0.29, 0.717) is 30.6 Å². The molecule has 2 unspecified atom stereocenters. The first-order chi connectivity index (χ1) is 20.1. The molecular weight excluding hydrogens is 560 g/mol. The normalized spacial score (nSPS) is 12.7. The van der Waals surface area contributed by atoms with Gasteiger partial charge >= 0.3 is 12.2 Å². The van der Waals surface area contributed by atoms with E-state index >= 15 is 0 Å². The van der Waals surface area contributed by atoms with Gasteiger partial charge in [-0.15, -0.1) is 0 Å². The van der Waals surface area contributed by atoms with Crippen molar-refractivity contribution in [1.82, 2.24) is 41.8 Å². The van der Waals surface area contributed by atoms with E-state index in [1.165, 1.54) is 18.7 Å². The molecule has 2 atom stereocenters. The number of alkyl carbamates (subject to hydrolysis) is 2. The molecule has 0 radical (unpaired) electrons. The second kappa shape index (κ2) is 16.1. The maximum Gasteiger partial charge on any atom is 0.408 e. The second-order valence-corrected chi connectivity index (χ2v) is 11.7. The van der Waals surface area contributed by atoms with E-state index in [1.807, 2.05) is 0 Å². The average Bonchev–Trinajstić information content (AvgIpc) is 3.41. The molecule has 0 aliphatic rings. The van der Waals surface area contributed by atoms with Gasteiger partial charge in [0.05, 0.1) is 11.9 Å². The van der Waals surface area contributed by atoms with Gasteiger partial charge in [-0.25, -0.2) is 14.6 Å². The van der Waals surface area contributed by atoms with Crippen molar-refractivity contribution < 1.29 is 33.4 Å². The summed E-state index contributed by atoms with van der Waals surface area (Å²) in [6, 6.07) is 1.10. The number of carbonyl (C=O) groups excluding carboxylic acids is 5. The van der Waals surface area contributed by atoms with Crippen molar-refractivity contribution in [2.24, 2.45) is 0 Å². The monoisotopic (exact) mass is 602 g/mol. The molecule has 15 heteroatoms. The number of hydrogen-bond donors (Lipinski definition) is 6. The molecular formula is C28H42N8O7. The van der Waals surface area contributed by atoms with E-state index in [2.05, 4.69) is 41.8 Å². The van der Waals surface area contributed by atoms with Crippen LogP contribution in [-0.2, 0) is 25.5 Å². The summed E-state index contributed by atoms with van der Waals surface area (Å²) in [7, 11) is 0. The third-order valence-corrected chi connectivity index (χ3v) is 5.43. The van der Waals surface area contributed by atoms with Gasteiger partial charge < -0.3 is 30.4 Å². The average molecular weight is 603 g/mol. The molecule has 0 bridgehead atoms. The Labute approximate surface area is 250 Å². The van der Waals surface area contributed by atoms with Gasteiger partial charge in [-0.1, -0.05) is 0 Å². The number of pyridine rings is 1. The lowest BCUT2D eigenvalue weighted by molar-refractivity contribution is -0.131. The standard InChI is InChI=1S/C28H42N8O7/c1-27(2,3)42-25(40)33-20(11-7-8-13-31-22(37)18-10-9-12-29-15-18)23(38)35-36-24(39)21(14-19-16-30-17-32-19)34-26(41)43-28(4,5)6/h9-10,12,15-17,20-21H,7-8,11,13-14H2,1-6H3,(H,30,32)(H,31,37)(H,33,40)(H,34,41)(H,35,38)(H,36,39). The molecule has 2 aromatic heterocycles. The summed E-state index contributed by atoms with van der Waals surface area (Å²) in [5.41, 5.74) is 4.00. The number of carbonyl (C=O) groups is 5. The van der Waals surface area contributed by atoms with E-state index in [0.717, 1.165) is 0 Å². The van der Waals surface area contributed by atoms with Crippen molar-refractivity contribution in [3.8, 4) is 0 Å². The zero-order valence-corrected chi connectivity index (χ0v) is 25.4. The second-order valence-electron chi connectivity index (χ2n) is 11.7. The zero-order chi connectivity index (χ0) is 32.0. The third kappa shape index (κ3) is 14.2. The summed E-state index contributed by atoms with van der Waals surface area (Å²) in [6.07, 6.45) is 5.47. The predicted octanol–water partition coefficient (Wildman–Crippen LogP) is 1.88. The smallest absolute Gasteiger partial charge is 0.408 e. The van der Waals surface area contributed by atoms with E-state index in [1.54, 1.807) is 59.9 Å². The fourth-order valence-corrected chi connectivity index (χ4v) is 3.57. The molecule has 0 aliphatic carbocycles. The minimum atomic E-state index is -1.13. The van der Waals surface area contributed by atoms with Crippen LogP contribution in [-0.4, -0.2) is 74.7 Å². The molecule has 2 heterocycles. The molecule has 43 heavy (non-hydrogen) atoms. The fraction of sp³-hybridized carbons (Fsp3) is 0.536. The Morgan fingerprint density at radius 1 is 0.837 bits per heavy atom. The number of amides is 5. The summed E-state index contributed by atoms with van der Waals surface area (Å²) in [5.74, 6) is -1.72. The van der Waals surface area contributed by atoms with Crippen LogP contribution in [0.1, 0.15) is 76.9 Å². The molecule has 2 aromatic rings. The summed E-state index contributed by atoms with van der Waals surface area (Å²) in [4.78, 5) is 73.7. The van der Waals surface area contributed by atoms with Crippen molar-refractivity contribution in [2.75, 3.05) is 6.54 Å². The van der Waals surface area contributed by atoms with Crippen LogP contribution >= 0.6 is 0 Å². The largest absolute Gasteiger partial charge is 0.444 e. The van der Waals surface area contributed by atoms with Gasteiger partial charge in [0, 0.05) is 37.3 Å². The molecule has 0 aromatic carbocycles. The zero-order valence-electron chi connectivity index (χ0n) is 25.4. The third-order valence-electron chi connectivity index (χ3n) is 5.43. The summed E-state index contributed by atoms with van der Waals surface area (Å²) in [6.45, 7) is 10.4. The van der Waals surface area contributed by atoms with Gasteiger partial charge in [0.2, 0.25) is 0 Å². The quantitative estimate of drug-likeness (QED) is 0.155. The lowest BCUT2D eigenvalue weighted by Crippen LogP contribution is -2.57. The first kappa shape index (κ1) is 34.5. The maximum absolute atomic E-state index is 13.1. The molecule has 6 N–H and O–H groups in total. The Morgan fingerprint density at radius 2 is 1.44 bits per heavy atom. The van der Waals surface area contributed by atoms with Crippen molar-refractivity contribution in [2.45, 2.75) is 90.5 Å². The van der Waals surface area contributed by atoms with Gasteiger partial charge in [0.15, 0.2) is 0 Å². The molecule has 0 aliphatic heterocycles. The SMILES string of the molecule is CC(C)(C)OC(=O)NC(CCCCNC(=O)c1cccnc1)C(=O)NNC(=O)C(Cc1cnc[nH]1)NC(=O)OC(C)(C)C. The minimum Gasteiger partial charge on any atom is -0.444 e. The van der Waals surface area contributed by atoms with Crippen molar-refractivity contribution in [1.29, 1.82) is 0 Å². The molecule has 236 valence electrons. The number of aromatic amines is 1. The summed E-state index contributed by atoms with van der Waals surface area (Å²) < 4.78 is 10.5. The van der Waals surface area contributed by atoms with E-state index < -0.39 is 47.3 Å². The van der Waals surface area contributed by atoms with Gasteiger partial charge in [-0.05, 0) is 72.9 Å². The van der Waals surface area contributed by atoms with Crippen LogP contribution in [0, 0.1) is 0 Å². The van der Waals surface area contributed by atoms with Crippen LogP contribution in [0.15, 0.2) is 37.1 Å². The van der Waals surface area contributed by atoms with Gasteiger partial charge in [0.1, 0.15) is 23.3 Å². The number of ether oxygens (including phenoxy) is 2. The molecule has 5 amide bonds. The van der Waals surface area contributed by atoms with E-state index in [-0.39, 0.29) is 18.7 Å². The Bertz CT molecular complexity index is 1210. The number of H-pyrrole nitrogens is 1. The Morgan fingerprint density at radius 3 is 1.98 bits per heavy atom. The lowest BCUT2D eigenvalue weighted by Gasteiger charge is -2.25. The van der Waals surface area contributed by atoms with Gasteiger partial charge in [-0.2, -0.15) is 0 Å². The van der Waals surface area contributed by atoms with Crippen molar-refractivity contribution in [3.05, 3.63) is 48.3 Å². The highest BCUT2D eigenvalue weighted by atomic mass is 16.6. The molecule has 2 rings (SSSR count). The number of unbranched alkanes of at least 4 members (excludes halogenated alkanes) is 1. The summed E-state index contributed by atoms with van der Waals surface area (Å²) >= 11 is 0. The predicted molar refractivity (Wildman–Crippen MR) is 155 cm³/mol. The highest BCUT2D eigenvalue weighted by Gasteiger charge is 2.28. The molecule has 15 nitrogen and oxygen atoms in total. The van der Waals surface area contributed by atoms with Crippen LogP contribution in [0.25, 0.3) is 0 Å². The van der Waals surface area contributed by atoms with E-state index in [9.17, 15) is 24.0 Å². The molecule has 0 saturated heterocycles. The summed E-state index contributed by atoms with van der Waals surface area (Å²) in [5, 5.41) is 7.79. The van der Waals surface area contributed by atoms with E-state index in [4.69, 9.17) is 9.47 Å². The van der Waals surface area contributed by atoms with Crippen molar-refractivity contribution >= 4 is 29.9 Å². The number of nitrogens with zero attached hydrogens (tertiary/aromatic N) is 2. The fourth-order valence-electron chi connectivity index (χ4n) is 3.57. The number of aromatic nitrogens is 3. The lowest BCUT2D eigenvalue weighted by atomic mass is 10.1. The van der Waals surface area contributed by atoms with Crippen LogP contribution in [0.5, 0.6) is 0 Å². The Hall–Kier alpha value is -4.69. The molecule has 0 spiro atoms. The number of imidazole rings is 1. The van der Waals surface area contributed by atoms with Gasteiger partial charge in [0.25, 0.3) is 17.7 Å². The van der Waals surface area contributed by atoms with Crippen molar-refractivity contribution in [3.63, 3.8) is 0 Å². The van der Waals surface area contributed by atoms with Crippen LogP contribution in [0.3, 0.4) is 0 Å². The number of hydrogen-bond acceptors (Lipinski definition) is 9.